The van der Waals surface area contributed by atoms with Gasteiger partial charge < -0.3 is 4.90 Å². The standard InChI is InChI=1S/C11H15N5O3S/c1-15(6-3-5-12)8(17)4-7-20-11-13-9(18)10(19)14-16(11)2/h3-4,6-7H2,1-2H3,(H,14,19). The third kappa shape index (κ3) is 4.55. The van der Waals surface area contributed by atoms with Gasteiger partial charge >= 0.3 is 11.1 Å². The summed E-state index contributed by atoms with van der Waals surface area (Å²) in [6, 6.07) is 1.97. The first-order valence-electron chi connectivity index (χ1n) is 5.86. The van der Waals surface area contributed by atoms with Crippen molar-refractivity contribution in [1.82, 2.24) is 19.7 Å². The Morgan fingerprint density at radius 1 is 1.55 bits per heavy atom. The third-order valence-electron chi connectivity index (χ3n) is 2.48. The fraction of sp³-hybridized carbons (Fsp3) is 0.545. The molecular formula is C11H15N5O3S. The van der Waals surface area contributed by atoms with Gasteiger partial charge in [0.15, 0.2) is 5.16 Å². The summed E-state index contributed by atoms with van der Waals surface area (Å²) in [4.78, 5) is 39.0. The van der Waals surface area contributed by atoms with Crippen molar-refractivity contribution in [3.05, 3.63) is 20.7 Å². The highest BCUT2D eigenvalue weighted by atomic mass is 32.2. The van der Waals surface area contributed by atoms with E-state index in [-0.39, 0.29) is 12.3 Å². The van der Waals surface area contributed by atoms with E-state index in [1.54, 1.807) is 14.1 Å². The van der Waals surface area contributed by atoms with E-state index < -0.39 is 11.1 Å². The number of nitriles is 1. The number of amides is 1. The quantitative estimate of drug-likeness (QED) is 0.550. The first-order chi connectivity index (χ1) is 9.45. The highest BCUT2D eigenvalue weighted by Crippen LogP contribution is 2.13. The molecule has 0 radical (unpaired) electrons. The Morgan fingerprint density at radius 2 is 2.25 bits per heavy atom. The summed E-state index contributed by atoms with van der Waals surface area (Å²) in [5, 5.41) is 11.1. The first-order valence-corrected chi connectivity index (χ1v) is 6.85. The number of nitrogens with zero attached hydrogens (tertiary/aromatic N) is 4. The van der Waals surface area contributed by atoms with Gasteiger partial charge in [0.25, 0.3) is 0 Å². The van der Waals surface area contributed by atoms with E-state index >= 15 is 0 Å². The summed E-state index contributed by atoms with van der Waals surface area (Å²) >= 11 is 1.21. The number of hydrogen-bond acceptors (Lipinski definition) is 6. The molecule has 0 aliphatic heterocycles. The highest BCUT2D eigenvalue weighted by Gasteiger charge is 2.10. The zero-order valence-electron chi connectivity index (χ0n) is 11.3. The van der Waals surface area contributed by atoms with Gasteiger partial charge in [-0.05, 0) is 0 Å². The normalized spacial score (nSPS) is 10.1. The minimum Gasteiger partial charge on any atom is -0.345 e. The molecule has 0 atom stereocenters. The first kappa shape index (κ1) is 16.0. The molecule has 20 heavy (non-hydrogen) atoms. The molecule has 1 aromatic rings. The summed E-state index contributed by atoms with van der Waals surface area (Å²) in [6.45, 7) is 0.398. The maximum Gasteiger partial charge on any atom is 0.339 e. The van der Waals surface area contributed by atoms with Crippen LogP contribution in [0, 0.1) is 11.3 Å². The summed E-state index contributed by atoms with van der Waals surface area (Å²) in [6.07, 6.45) is 0.562. The van der Waals surface area contributed by atoms with Gasteiger partial charge in [-0.3, -0.25) is 24.2 Å². The van der Waals surface area contributed by atoms with Gasteiger partial charge in [-0.15, -0.1) is 0 Å². The fourth-order valence-electron chi connectivity index (χ4n) is 1.35. The van der Waals surface area contributed by atoms with Crippen LogP contribution in [0.15, 0.2) is 14.7 Å². The Kier molecular flexibility index (Phi) is 5.99. The minimum absolute atomic E-state index is 0.0813. The molecule has 0 aliphatic rings. The van der Waals surface area contributed by atoms with Gasteiger partial charge in [0.2, 0.25) is 5.91 Å². The molecule has 0 aromatic carbocycles. The molecular weight excluding hydrogens is 282 g/mol. The highest BCUT2D eigenvalue weighted by molar-refractivity contribution is 7.99. The number of hydrogen-bond donors (Lipinski definition) is 1. The van der Waals surface area contributed by atoms with Crippen molar-refractivity contribution in [3.8, 4) is 6.07 Å². The van der Waals surface area contributed by atoms with Crippen LogP contribution in [0.25, 0.3) is 0 Å². The van der Waals surface area contributed by atoms with E-state index in [1.165, 1.54) is 21.3 Å². The molecule has 1 aromatic heterocycles. The number of thioether (sulfide) groups is 1. The van der Waals surface area contributed by atoms with Crippen LogP contribution in [-0.2, 0) is 11.8 Å². The monoisotopic (exact) mass is 297 g/mol. The Labute approximate surface area is 119 Å². The lowest BCUT2D eigenvalue weighted by Crippen LogP contribution is -2.34. The number of H-pyrrole nitrogens is 1. The Morgan fingerprint density at radius 3 is 2.90 bits per heavy atom. The van der Waals surface area contributed by atoms with Crippen molar-refractivity contribution in [2.24, 2.45) is 7.05 Å². The summed E-state index contributed by atoms with van der Waals surface area (Å²) in [7, 11) is 3.20. The Balaban J connectivity index is 2.51. The van der Waals surface area contributed by atoms with E-state index in [9.17, 15) is 14.4 Å². The number of nitrogens with one attached hydrogen (secondary N) is 1. The molecule has 108 valence electrons. The largest absolute Gasteiger partial charge is 0.345 e. The van der Waals surface area contributed by atoms with E-state index in [1.807, 2.05) is 6.07 Å². The molecule has 1 rings (SSSR count). The van der Waals surface area contributed by atoms with Crippen molar-refractivity contribution in [3.63, 3.8) is 0 Å². The number of aryl methyl sites for hydroxylation is 1. The molecule has 0 unspecified atom stereocenters. The molecule has 9 heteroatoms. The lowest BCUT2D eigenvalue weighted by Gasteiger charge is -2.15. The summed E-state index contributed by atoms with van der Waals surface area (Å²) in [5.74, 6) is 0.351. The lowest BCUT2D eigenvalue weighted by molar-refractivity contribution is -0.129. The van der Waals surface area contributed by atoms with Gasteiger partial charge in [0.05, 0.1) is 12.5 Å². The van der Waals surface area contributed by atoms with Crippen LogP contribution in [0.2, 0.25) is 0 Å². The van der Waals surface area contributed by atoms with Crippen LogP contribution >= 0.6 is 11.8 Å². The van der Waals surface area contributed by atoms with Crippen molar-refractivity contribution in [2.45, 2.75) is 18.0 Å². The Bertz CT molecular complexity index is 630. The number of carbonyl (C=O) groups is 1. The molecule has 0 saturated heterocycles. The zero-order chi connectivity index (χ0) is 15.1. The predicted molar refractivity (Wildman–Crippen MR) is 73.3 cm³/mol. The second-order valence-corrected chi connectivity index (χ2v) is 5.08. The third-order valence-corrected chi connectivity index (χ3v) is 3.51. The maximum absolute atomic E-state index is 11.7. The molecule has 8 nitrogen and oxygen atoms in total. The number of aromatic amines is 1. The second kappa shape index (κ2) is 7.49. The SMILES string of the molecule is CN(CCC#N)C(=O)CCSc1nc(=O)c(=O)[nH]n1C. The molecule has 0 fully saturated rings. The smallest absolute Gasteiger partial charge is 0.339 e. The van der Waals surface area contributed by atoms with E-state index in [0.717, 1.165) is 0 Å². The van der Waals surface area contributed by atoms with Gasteiger partial charge in [-0.1, -0.05) is 11.8 Å². The van der Waals surface area contributed by atoms with Crippen LogP contribution in [0.3, 0.4) is 0 Å². The molecule has 0 spiro atoms. The number of carbonyl (C=O) groups excluding carboxylic acids is 1. The molecule has 0 saturated carbocycles. The van der Waals surface area contributed by atoms with Gasteiger partial charge in [0.1, 0.15) is 0 Å². The average Bonchev–Trinajstić information content (AvgIpc) is 2.41. The molecule has 1 N–H and O–H groups in total. The minimum atomic E-state index is -0.844. The van der Waals surface area contributed by atoms with Crippen LogP contribution in [0.4, 0.5) is 0 Å². The van der Waals surface area contributed by atoms with Crippen LogP contribution < -0.4 is 11.1 Å². The van der Waals surface area contributed by atoms with Crippen molar-refractivity contribution in [2.75, 3.05) is 19.3 Å². The molecule has 0 aliphatic carbocycles. The van der Waals surface area contributed by atoms with Crippen molar-refractivity contribution >= 4 is 17.7 Å². The van der Waals surface area contributed by atoms with Gasteiger partial charge in [-0.25, -0.2) is 0 Å². The maximum atomic E-state index is 11.7. The van der Waals surface area contributed by atoms with Crippen molar-refractivity contribution in [1.29, 1.82) is 5.26 Å². The van der Waals surface area contributed by atoms with E-state index in [4.69, 9.17) is 5.26 Å². The Hall–Kier alpha value is -2.08. The predicted octanol–water partition coefficient (Wildman–Crippen LogP) is -0.677. The van der Waals surface area contributed by atoms with Gasteiger partial charge in [-0.2, -0.15) is 10.2 Å². The molecule has 1 amide bonds. The van der Waals surface area contributed by atoms with Crippen LogP contribution in [-0.4, -0.2) is 44.9 Å². The van der Waals surface area contributed by atoms with Crippen LogP contribution in [0.5, 0.6) is 0 Å². The summed E-state index contributed by atoms with van der Waals surface area (Å²) < 4.78 is 1.35. The summed E-state index contributed by atoms with van der Waals surface area (Å²) in [5.41, 5.74) is -1.62. The average molecular weight is 297 g/mol. The number of aromatic nitrogens is 3. The van der Waals surface area contributed by atoms with Crippen LogP contribution in [0.1, 0.15) is 12.8 Å². The molecule has 0 bridgehead atoms. The number of rotatable bonds is 6. The molecule has 1 heterocycles. The van der Waals surface area contributed by atoms with Gasteiger partial charge in [0, 0.05) is 32.8 Å². The zero-order valence-corrected chi connectivity index (χ0v) is 12.1. The van der Waals surface area contributed by atoms with E-state index in [2.05, 4.69) is 10.1 Å². The van der Waals surface area contributed by atoms with Crippen molar-refractivity contribution < 1.29 is 4.79 Å². The topological polar surface area (TPSA) is 112 Å². The fourth-order valence-corrected chi connectivity index (χ4v) is 2.20. The van der Waals surface area contributed by atoms with E-state index in [0.29, 0.717) is 23.9 Å². The lowest BCUT2D eigenvalue weighted by atomic mass is 10.3. The second-order valence-electron chi connectivity index (χ2n) is 4.02.